The molecule has 0 aromatic carbocycles. The molecule has 13 rings (SSSR count). The number of rotatable bonds is 2. The van der Waals surface area contributed by atoms with Crippen LogP contribution in [-0.2, 0) is 10.8 Å². The van der Waals surface area contributed by atoms with Crippen LogP contribution in [0.3, 0.4) is 0 Å². The minimum Gasteiger partial charge on any atom is -0.361 e. The molecule has 0 spiro atoms. The van der Waals surface area contributed by atoms with Crippen LogP contribution in [0.4, 0.5) is 0 Å². The van der Waals surface area contributed by atoms with Gasteiger partial charge in [-0.3, -0.25) is 0 Å². The summed E-state index contributed by atoms with van der Waals surface area (Å²) in [7, 11) is 0. The third-order valence-corrected chi connectivity index (χ3v) is 16.2. The number of H-pyrrole nitrogens is 4. The zero-order valence-electron chi connectivity index (χ0n) is 29.7. The summed E-state index contributed by atoms with van der Waals surface area (Å²) in [5.74, 6) is 6.29. The summed E-state index contributed by atoms with van der Waals surface area (Å²) in [6, 6.07) is 19.6. The second-order valence-corrected chi connectivity index (χ2v) is 20.0. The van der Waals surface area contributed by atoms with Crippen molar-refractivity contribution in [1.82, 2.24) is 19.9 Å². The first-order valence-corrected chi connectivity index (χ1v) is 19.8. The maximum atomic E-state index is 4.15. The monoisotopic (exact) mass is 640 g/mol. The van der Waals surface area contributed by atoms with Crippen molar-refractivity contribution < 1.29 is 0 Å². The van der Waals surface area contributed by atoms with Gasteiger partial charge < -0.3 is 19.9 Å². The number of aromatic nitrogens is 4. The summed E-state index contributed by atoms with van der Waals surface area (Å²) in [5.41, 5.74) is 11.5. The van der Waals surface area contributed by atoms with Crippen molar-refractivity contribution >= 4 is 0 Å². The van der Waals surface area contributed by atoms with Crippen molar-refractivity contribution in [2.75, 3.05) is 0 Å². The van der Waals surface area contributed by atoms with Crippen molar-refractivity contribution in [2.24, 2.45) is 46.3 Å². The highest BCUT2D eigenvalue weighted by Crippen LogP contribution is 2.67. The van der Waals surface area contributed by atoms with Gasteiger partial charge in [0.15, 0.2) is 0 Å². The van der Waals surface area contributed by atoms with Crippen LogP contribution in [0.15, 0.2) is 48.5 Å². The molecular formula is C44H56N4. The van der Waals surface area contributed by atoms with E-state index in [0.29, 0.717) is 22.7 Å². The molecule has 0 unspecified atom stereocenters. The fourth-order valence-electron chi connectivity index (χ4n) is 14.8. The van der Waals surface area contributed by atoms with E-state index in [1.54, 1.807) is 0 Å². The van der Waals surface area contributed by atoms with Gasteiger partial charge in [0.1, 0.15) is 0 Å². The molecule has 0 amide bonds. The Morgan fingerprint density at radius 2 is 0.604 bits per heavy atom. The van der Waals surface area contributed by atoms with Gasteiger partial charge in [0.25, 0.3) is 0 Å². The van der Waals surface area contributed by atoms with Crippen molar-refractivity contribution in [3.05, 3.63) is 94.1 Å². The molecule has 0 saturated heterocycles. The van der Waals surface area contributed by atoms with Gasteiger partial charge in [-0.25, -0.2) is 0 Å². The summed E-state index contributed by atoms with van der Waals surface area (Å²) < 4.78 is 0. The van der Waals surface area contributed by atoms with Crippen LogP contribution in [0, 0.1) is 46.3 Å². The molecule has 4 nitrogen and oxygen atoms in total. The number of nitrogens with one attached hydrogen (secondary N) is 4. The molecule has 4 aromatic heterocycles. The first kappa shape index (κ1) is 28.9. The average Bonchev–Trinajstić information content (AvgIpc) is 3.84. The fraction of sp³-hybridized carbons (Fsp3) is 0.636. The van der Waals surface area contributed by atoms with Gasteiger partial charge in [0.2, 0.25) is 0 Å². The van der Waals surface area contributed by atoms with Crippen LogP contribution < -0.4 is 0 Å². The Labute approximate surface area is 287 Å². The molecule has 1 aliphatic heterocycles. The van der Waals surface area contributed by atoms with Crippen LogP contribution in [0.25, 0.3) is 0 Å². The lowest BCUT2D eigenvalue weighted by Crippen LogP contribution is -2.49. The normalized spacial score (nSPS) is 41.2. The molecule has 8 aliphatic carbocycles. The number of aromatic amines is 4. The molecule has 4 aromatic rings. The Morgan fingerprint density at radius 1 is 0.375 bits per heavy atom. The quantitative estimate of drug-likeness (QED) is 0.168. The molecular weight excluding hydrogens is 585 g/mol. The van der Waals surface area contributed by atoms with Gasteiger partial charge in [-0.15, -0.1) is 0 Å². The van der Waals surface area contributed by atoms with E-state index >= 15 is 0 Å². The van der Waals surface area contributed by atoms with Crippen LogP contribution in [0.2, 0.25) is 0 Å². The Balaban J connectivity index is 1.09. The van der Waals surface area contributed by atoms with Gasteiger partial charge in [-0.05, 0) is 200 Å². The van der Waals surface area contributed by atoms with Crippen molar-refractivity contribution in [3.63, 3.8) is 0 Å². The lowest BCUT2D eigenvalue weighted by molar-refractivity contribution is -0.0630. The number of fused-ring (bicyclic) bond motifs is 8. The number of hydrogen-bond donors (Lipinski definition) is 4. The van der Waals surface area contributed by atoms with E-state index in [1.165, 1.54) is 123 Å². The van der Waals surface area contributed by atoms with E-state index in [-0.39, 0.29) is 10.8 Å². The van der Waals surface area contributed by atoms with Crippen molar-refractivity contribution in [2.45, 2.75) is 127 Å². The molecule has 0 radical (unpaired) electrons. The topological polar surface area (TPSA) is 63.2 Å². The highest BCUT2D eigenvalue weighted by molar-refractivity contribution is 5.43. The Morgan fingerprint density at radius 3 is 0.833 bits per heavy atom. The van der Waals surface area contributed by atoms with Crippen molar-refractivity contribution in [3.8, 4) is 0 Å². The van der Waals surface area contributed by atoms with Gasteiger partial charge >= 0.3 is 0 Å². The predicted molar refractivity (Wildman–Crippen MR) is 192 cm³/mol. The first-order chi connectivity index (χ1) is 23.1. The molecule has 9 aliphatic rings. The predicted octanol–water partition coefficient (Wildman–Crippen LogP) is 10.7. The molecule has 252 valence electrons. The highest BCUT2D eigenvalue weighted by Gasteiger charge is 2.57. The van der Waals surface area contributed by atoms with Crippen LogP contribution >= 0.6 is 0 Å². The molecule has 48 heavy (non-hydrogen) atoms. The molecule has 16 bridgehead atoms. The summed E-state index contributed by atoms with van der Waals surface area (Å²) in [4.78, 5) is 16.6. The zero-order chi connectivity index (χ0) is 32.2. The van der Waals surface area contributed by atoms with Crippen LogP contribution in [0.5, 0.6) is 0 Å². The fourth-order valence-corrected chi connectivity index (χ4v) is 14.8. The smallest absolute Gasteiger partial charge is 0.0448 e. The average molecular weight is 641 g/mol. The molecule has 4 N–H and O–H groups in total. The highest BCUT2D eigenvalue weighted by atomic mass is 14.9. The molecule has 4 heteroatoms. The largest absolute Gasteiger partial charge is 0.361 e. The zero-order valence-corrected chi connectivity index (χ0v) is 29.7. The van der Waals surface area contributed by atoms with E-state index in [0.717, 1.165) is 35.5 Å². The molecule has 5 heterocycles. The van der Waals surface area contributed by atoms with Crippen molar-refractivity contribution in [1.29, 1.82) is 0 Å². The Kier molecular flexibility index (Phi) is 5.70. The maximum Gasteiger partial charge on any atom is 0.0448 e. The van der Waals surface area contributed by atoms with Gasteiger partial charge in [-0.2, -0.15) is 0 Å². The molecule has 0 atom stereocenters. The lowest BCUT2D eigenvalue weighted by Gasteiger charge is -2.59. The number of hydrogen-bond acceptors (Lipinski definition) is 0. The van der Waals surface area contributed by atoms with E-state index < -0.39 is 0 Å². The second-order valence-electron chi connectivity index (χ2n) is 20.0. The summed E-state index contributed by atoms with van der Waals surface area (Å²) in [5, 5.41) is 0. The maximum absolute atomic E-state index is 4.15. The van der Waals surface area contributed by atoms with E-state index in [4.69, 9.17) is 0 Å². The second kappa shape index (κ2) is 9.46. The SMILES string of the molecule is CC1(C)c2ccc([nH]2)C(C23CC4CC(CC(C4)C2)C3)c2ccc([nH]2)C(C)(C)c2ccc([nH]2)C(C23CC4CC(CC(C4)C2)C3)c2ccc1[nH]2. The molecule has 8 saturated carbocycles. The third kappa shape index (κ3) is 3.95. The van der Waals surface area contributed by atoms with Crippen LogP contribution in [0.1, 0.15) is 162 Å². The summed E-state index contributed by atoms with van der Waals surface area (Å²) in [6.07, 6.45) is 17.2. The van der Waals surface area contributed by atoms with Crippen LogP contribution in [-0.4, -0.2) is 19.9 Å². The summed E-state index contributed by atoms with van der Waals surface area (Å²) in [6.45, 7) is 9.73. The third-order valence-electron chi connectivity index (χ3n) is 16.2. The summed E-state index contributed by atoms with van der Waals surface area (Å²) >= 11 is 0. The van der Waals surface area contributed by atoms with Gasteiger partial charge in [0, 0.05) is 68.2 Å². The van der Waals surface area contributed by atoms with Gasteiger partial charge in [-0.1, -0.05) is 0 Å². The Bertz CT molecular complexity index is 1590. The first-order valence-electron chi connectivity index (χ1n) is 19.8. The van der Waals surface area contributed by atoms with E-state index in [2.05, 4.69) is 96.2 Å². The lowest BCUT2D eigenvalue weighted by atomic mass is 9.46. The minimum absolute atomic E-state index is 0.143. The Hall–Kier alpha value is -2.88. The van der Waals surface area contributed by atoms with Gasteiger partial charge in [0.05, 0.1) is 0 Å². The minimum atomic E-state index is -0.143. The molecule has 8 fully saturated rings. The van der Waals surface area contributed by atoms with E-state index in [1.807, 2.05) is 0 Å². The standard InChI is InChI=1S/C44H56N4/c1-41(2)35-9-5-31(45-35)39(43-19-25-13-26(20-43)15-27(14-25)21-43)33-7-11-37(47-33)42(3,4)38-12-8-34(48-38)40(32-6-10-36(41)46-32)44-22-28-16-29(23-44)18-30(17-28)24-44/h5-12,25-30,39-40,45-48H,13-24H2,1-4H3. The van der Waals surface area contributed by atoms with E-state index in [9.17, 15) is 0 Å².